The molecule has 0 rings (SSSR count). The molecule has 0 saturated heterocycles. The van der Waals surface area contributed by atoms with Gasteiger partial charge >= 0.3 is 17.9 Å². The lowest BCUT2D eigenvalue weighted by molar-refractivity contribution is -0.167. The molecule has 6 heteroatoms. The zero-order valence-electron chi connectivity index (χ0n) is 43.6. The molecule has 0 aromatic carbocycles. The Morgan fingerprint density at radius 3 is 0.970 bits per heavy atom. The molecule has 0 spiro atoms. The molecular formula is C61H102O6. The second kappa shape index (κ2) is 54.9. The van der Waals surface area contributed by atoms with Gasteiger partial charge in [0.25, 0.3) is 0 Å². The van der Waals surface area contributed by atoms with E-state index in [1.807, 2.05) is 0 Å². The molecule has 0 bridgehead atoms. The van der Waals surface area contributed by atoms with E-state index in [2.05, 4.69) is 118 Å². The van der Waals surface area contributed by atoms with E-state index in [1.54, 1.807) is 0 Å². The monoisotopic (exact) mass is 931 g/mol. The SMILES string of the molecule is CC/C=C\C/C=C\C/C=C\C/C=C\C/C=C\CCCCCC(=O)OC[C@H](COC(=O)CCCCCCCCCCCCCCCCC)OC(=O)CCCC/C=C\C/C=C\C/C=C\CCCCC. The Morgan fingerprint density at radius 2 is 0.582 bits per heavy atom. The van der Waals surface area contributed by atoms with Gasteiger partial charge in [-0.3, -0.25) is 14.4 Å². The fraction of sp³-hybridized carbons (Fsp3) is 0.689. The van der Waals surface area contributed by atoms with Crippen molar-refractivity contribution >= 4 is 17.9 Å². The van der Waals surface area contributed by atoms with Crippen molar-refractivity contribution in [1.82, 2.24) is 0 Å². The van der Waals surface area contributed by atoms with Crippen molar-refractivity contribution in [3.63, 3.8) is 0 Å². The molecule has 0 N–H and O–H groups in total. The molecule has 0 heterocycles. The molecule has 6 nitrogen and oxygen atoms in total. The van der Waals surface area contributed by atoms with Crippen LogP contribution in [0.15, 0.2) is 97.2 Å². The zero-order chi connectivity index (χ0) is 48.6. The molecule has 0 aliphatic carbocycles. The fourth-order valence-electron chi connectivity index (χ4n) is 7.42. The number of allylic oxidation sites excluding steroid dienone is 16. The molecule has 67 heavy (non-hydrogen) atoms. The average Bonchev–Trinajstić information content (AvgIpc) is 3.33. The lowest BCUT2D eigenvalue weighted by atomic mass is 10.0. The number of unbranched alkanes of at least 4 members (excludes halogenated alkanes) is 22. The van der Waals surface area contributed by atoms with Gasteiger partial charge in [-0.1, -0.05) is 227 Å². The largest absolute Gasteiger partial charge is 0.462 e. The van der Waals surface area contributed by atoms with Gasteiger partial charge in [0.15, 0.2) is 6.10 Å². The van der Waals surface area contributed by atoms with E-state index in [-0.39, 0.29) is 37.5 Å². The summed E-state index contributed by atoms with van der Waals surface area (Å²) in [6, 6.07) is 0. The Kier molecular flexibility index (Phi) is 51.9. The van der Waals surface area contributed by atoms with E-state index >= 15 is 0 Å². The first-order chi connectivity index (χ1) is 33.0. The molecule has 0 saturated carbocycles. The van der Waals surface area contributed by atoms with E-state index in [0.717, 1.165) is 103 Å². The molecule has 0 aromatic heterocycles. The minimum atomic E-state index is -0.811. The van der Waals surface area contributed by atoms with Crippen LogP contribution in [0, 0.1) is 0 Å². The van der Waals surface area contributed by atoms with Gasteiger partial charge in [0.1, 0.15) is 13.2 Å². The molecular weight excluding hydrogens is 829 g/mol. The topological polar surface area (TPSA) is 78.9 Å². The van der Waals surface area contributed by atoms with Crippen molar-refractivity contribution in [2.45, 2.75) is 258 Å². The summed E-state index contributed by atoms with van der Waals surface area (Å²) in [5, 5.41) is 0. The third-order valence-corrected chi connectivity index (χ3v) is 11.6. The van der Waals surface area contributed by atoms with E-state index in [4.69, 9.17) is 14.2 Å². The predicted molar refractivity (Wildman–Crippen MR) is 288 cm³/mol. The minimum absolute atomic E-state index is 0.102. The van der Waals surface area contributed by atoms with E-state index in [9.17, 15) is 14.4 Å². The van der Waals surface area contributed by atoms with Crippen molar-refractivity contribution in [3.05, 3.63) is 97.2 Å². The van der Waals surface area contributed by atoms with Gasteiger partial charge in [0.05, 0.1) is 0 Å². The Morgan fingerprint density at radius 1 is 0.313 bits per heavy atom. The summed E-state index contributed by atoms with van der Waals surface area (Å²) < 4.78 is 16.8. The smallest absolute Gasteiger partial charge is 0.306 e. The lowest BCUT2D eigenvalue weighted by Gasteiger charge is -2.18. The fourth-order valence-corrected chi connectivity index (χ4v) is 7.42. The first kappa shape index (κ1) is 63.3. The van der Waals surface area contributed by atoms with Crippen LogP contribution in [0.4, 0.5) is 0 Å². The Bertz CT molecular complexity index is 1350. The summed E-state index contributed by atoms with van der Waals surface area (Å²) in [6.07, 6.45) is 72.5. The van der Waals surface area contributed by atoms with Crippen LogP contribution in [0.5, 0.6) is 0 Å². The Balaban J connectivity index is 4.50. The van der Waals surface area contributed by atoms with Crippen molar-refractivity contribution in [3.8, 4) is 0 Å². The molecule has 382 valence electrons. The highest BCUT2D eigenvalue weighted by Crippen LogP contribution is 2.15. The van der Waals surface area contributed by atoms with Gasteiger partial charge in [-0.2, -0.15) is 0 Å². The van der Waals surface area contributed by atoms with Crippen LogP contribution >= 0.6 is 0 Å². The van der Waals surface area contributed by atoms with Crippen LogP contribution < -0.4 is 0 Å². The third kappa shape index (κ3) is 53.2. The molecule has 0 aromatic rings. The van der Waals surface area contributed by atoms with Gasteiger partial charge < -0.3 is 14.2 Å². The van der Waals surface area contributed by atoms with Gasteiger partial charge in [-0.25, -0.2) is 0 Å². The van der Waals surface area contributed by atoms with Crippen LogP contribution in [0.1, 0.15) is 252 Å². The normalized spacial score (nSPS) is 12.8. The molecule has 0 fully saturated rings. The first-order valence-electron chi connectivity index (χ1n) is 27.7. The van der Waals surface area contributed by atoms with E-state index in [0.29, 0.717) is 19.3 Å². The van der Waals surface area contributed by atoms with Crippen LogP contribution in [0.2, 0.25) is 0 Å². The molecule has 0 unspecified atom stereocenters. The Labute approximate surface area is 413 Å². The lowest BCUT2D eigenvalue weighted by Crippen LogP contribution is -2.30. The second-order valence-corrected chi connectivity index (χ2v) is 18.1. The molecule has 0 radical (unpaired) electrons. The summed E-state index contributed by atoms with van der Waals surface area (Å²) in [5.41, 5.74) is 0. The van der Waals surface area contributed by atoms with Crippen molar-refractivity contribution in [1.29, 1.82) is 0 Å². The quantitative estimate of drug-likeness (QED) is 0.0262. The van der Waals surface area contributed by atoms with E-state index in [1.165, 1.54) is 103 Å². The average molecular weight is 931 g/mol. The maximum atomic E-state index is 12.8. The second-order valence-electron chi connectivity index (χ2n) is 18.1. The maximum absolute atomic E-state index is 12.8. The summed E-state index contributed by atoms with van der Waals surface area (Å²) in [7, 11) is 0. The van der Waals surface area contributed by atoms with Crippen molar-refractivity contribution in [2.75, 3.05) is 13.2 Å². The van der Waals surface area contributed by atoms with Crippen LogP contribution in [0.25, 0.3) is 0 Å². The van der Waals surface area contributed by atoms with Crippen LogP contribution in [-0.4, -0.2) is 37.2 Å². The number of ether oxygens (including phenoxy) is 3. The number of hydrogen-bond acceptors (Lipinski definition) is 6. The van der Waals surface area contributed by atoms with E-state index < -0.39 is 6.10 Å². The highest BCUT2D eigenvalue weighted by molar-refractivity contribution is 5.71. The van der Waals surface area contributed by atoms with Gasteiger partial charge in [-0.05, 0) is 103 Å². The number of carbonyl (C=O) groups is 3. The van der Waals surface area contributed by atoms with Gasteiger partial charge in [0.2, 0.25) is 0 Å². The van der Waals surface area contributed by atoms with Gasteiger partial charge in [-0.15, -0.1) is 0 Å². The van der Waals surface area contributed by atoms with Crippen molar-refractivity contribution in [2.24, 2.45) is 0 Å². The molecule has 0 aliphatic heterocycles. The molecule has 0 amide bonds. The number of carbonyl (C=O) groups excluding carboxylic acids is 3. The number of rotatable bonds is 49. The zero-order valence-corrected chi connectivity index (χ0v) is 43.6. The van der Waals surface area contributed by atoms with Gasteiger partial charge in [0, 0.05) is 19.3 Å². The summed E-state index contributed by atoms with van der Waals surface area (Å²) in [4.78, 5) is 38.1. The highest BCUT2D eigenvalue weighted by atomic mass is 16.6. The summed E-state index contributed by atoms with van der Waals surface area (Å²) in [5.74, 6) is -0.972. The Hall–Kier alpha value is -3.67. The van der Waals surface area contributed by atoms with Crippen LogP contribution in [0.3, 0.4) is 0 Å². The summed E-state index contributed by atoms with van der Waals surface area (Å²) in [6.45, 7) is 6.44. The first-order valence-corrected chi connectivity index (χ1v) is 27.7. The number of hydrogen-bond donors (Lipinski definition) is 0. The maximum Gasteiger partial charge on any atom is 0.306 e. The van der Waals surface area contributed by atoms with Crippen molar-refractivity contribution < 1.29 is 28.6 Å². The standard InChI is InChI=1S/C61H102O6/c1-4-7-10-13-16-19-22-25-28-29-30-31-34-36-39-42-45-48-51-54-60(63)66-57-58(67-61(64)55-52-49-46-43-40-37-33-27-24-21-18-15-12-9-6-3)56-65-59(62)53-50-47-44-41-38-35-32-26-23-20-17-14-11-8-5-2/h7,10,16,18-19,21,25,27-28,30-31,33,36,39-40,43,58H,4-6,8-9,11-15,17,20,22-24,26,29,32,34-35,37-38,41-42,44-57H2,1-3H3/b10-7-,19-16-,21-18-,28-25-,31-30-,33-27-,39-36-,43-40-/t58-/m0/s1. The minimum Gasteiger partial charge on any atom is -0.462 e. The molecule has 1 atom stereocenters. The third-order valence-electron chi connectivity index (χ3n) is 11.6. The highest BCUT2D eigenvalue weighted by Gasteiger charge is 2.19. The predicted octanol–water partition coefficient (Wildman–Crippen LogP) is 18.5. The molecule has 0 aliphatic rings. The van der Waals surface area contributed by atoms with Crippen LogP contribution in [-0.2, 0) is 28.6 Å². The number of esters is 3. The summed E-state index contributed by atoms with van der Waals surface area (Å²) >= 11 is 0.